The van der Waals surface area contributed by atoms with Crippen LogP contribution < -0.4 is 0 Å². The molecular formula is C17H23FN2O4. The van der Waals surface area contributed by atoms with E-state index in [1.807, 2.05) is 0 Å². The second-order valence-electron chi connectivity index (χ2n) is 6.88. The Labute approximate surface area is 140 Å². The third-order valence-corrected chi connectivity index (χ3v) is 3.73. The molecule has 1 N–H and O–H groups in total. The topological polar surface area (TPSA) is 70.1 Å². The van der Waals surface area contributed by atoms with Crippen molar-refractivity contribution in [1.29, 1.82) is 0 Å². The molecule has 0 aliphatic carbocycles. The zero-order valence-electron chi connectivity index (χ0n) is 14.4. The molecule has 2 rings (SSSR count). The lowest BCUT2D eigenvalue weighted by molar-refractivity contribution is 0.0140. The summed E-state index contributed by atoms with van der Waals surface area (Å²) in [5.41, 5.74) is -0.366. The van der Waals surface area contributed by atoms with Crippen molar-refractivity contribution in [3.63, 3.8) is 0 Å². The van der Waals surface area contributed by atoms with Crippen LogP contribution >= 0.6 is 0 Å². The van der Waals surface area contributed by atoms with E-state index in [2.05, 4.69) is 0 Å². The lowest BCUT2D eigenvalue weighted by Crippen LogP contribution is -2.51. The van der Waals surface area contributed by atoms with Crippen molar-refractivity contribution in [2.45, 2.75) is 33.3 Å². The average molecular weight is 338 g/mol. The van der Waals surface area contributed by atoms with Gasteiger partial charge in [0.2, 0.25) is 0 Å². The van der Waals surface area contributed by atoms with E-state index in [1.54, 1.807) is 27.7 Å². The molecule has 0 unspecified atom stereocenters. The maximum absolute atomic E-state index is 14.0. The van der Waals surface area contributed by atoms with Crippen LogP contribution in [0.15, 0.2) is 12.1 Å². The van der Waals surface area contributed by atoms with Gasteiger partial charge in [0.15, 0.2) is 0 Å². The molecule has 0 atom stereocenters. The van der Waals surface area contributed by atoms with Gasteiger partial charge in [-0.15, -0.1) is 0 Å². The predicted octanol–water partition coefficient (Wildman–Crippen LogP) is 2.53. The molecule has 0 spiro atoms. The minimum atomic E-state index is -0.662. The summed E-state index contributed by atoms with van der Waals surface area (Å²) in [6.45, 7) is 8.14. The van der Waals surface area contributed by atoms with Crippen molar-refractivity contribution in [2.75, 3.05) is 26.2 Å². The van der Waals surface area contributed by atoms with Crippen LogP contribution in [-0.2, 0) is 4.74 Å². The number of nitrogens with zero attached hydrogens (tertiary/aromatic N) is 2. The van der Waals surface area contributed by atoms with Crippen molar-refractivity contribution in [3.8, 4) is 5.75 Å². The number of phenolic OH excluding ortho intramolecular Hbond substituents is 1. The van der Waals surface area contributed by atoms with E-state index in [-0.39, 0.29) is 24.4 Å². The van der Waals surface area contributed by atoms with Gasteiger partial charge in [-0.1, -0.05) is 0 Å². The van der Waals surface area contributed by atoms with E-state index in [1.165, 1.54) is 9.80 Å². The normalized spacial score (nSPS) is 15.4. The SMILES string of the molecule is Cc1cc(F)c(C(=O)N2CCN(C(=O)OC(C)(C)C)CC2)cc1O. The van der Waals surface area contributed by atoms with Crippen LogP contribution in [0.4, 0.5) is 9.18 Å². The number of amides is 2. The van der Waals surface area contributed by atoms with Crippen LogP contribution in [-0.4, -0.2) is 58.7 Å². The van der Waals surface area contributed by atoms with E-state index in [9.17, 15) is 19.1 Å². The Morgan fingerprint density at radius 2 is 1.67 bits per heavy atom. The fourth-order valence-corrected chi connectivity index (χ4v) is 2.41. The third kappa shape index (κ3) is 4.15. The highest BCUT2D eigenvalue weighted by Gasteiger charge is 2.29. The number of aryl methyl sites for hydroxylation is 1. The Kier molecular flexibility index (Phi) is 5.01. The number of carbonyl (C=O) groups is 2. The molecular weight excluding hydrogens is 315 g/mol. The minimum Gasteiger partial charge on any atom is -0.508 e. The zero-order valence-corrected chi connectivity index (χ0v) is 14.4. The number of rotatable bonds is 1. The fourth-order valence-electron chi connectivity index (χ4n) is 2.41. The van der Waals surface area contributed by atoms with Crippen LogP contribution in [0.5, 0.6) is 5.75 Å². The maximum Gasteiger partial charge on any atom is 0.410 e. The lowest BCUT2D eigenvalue weighted by Gasteiger charge is -2.35. The van der Waals surface area contributed by atoms with E-state index in [0.717, 1.165) is 12.1 Å². The number of piperazine rings is 1. The molecule has 6 nitrogen and oxygen atoms in total. The molecule has 1 saturated heterocycles. The Balaban J connectivity index is 2.01. The molecule has 2 amide bonds. The van der Waals surface area contributed by atoms with Crippen LogP contribution in [0, 0.1) is 12.7 Å². The number of phenols is 1. The molecule has 1 aromatic rings. The first kappa shape index (κ1) is 18.0. The molecule has 0 bridgehead atoms. The van der Waals surface area contributed by atoms with Gasteiger partial charge in [0.1, 0.15) is 17.2 Å². The average Bonchev–Trinajstić information content (AvgIpc) is 2.49. The first-order valence-electron chi connectivity index (χ1n) is 7.85. The van der Waals surface area contributed by atoms with Gasteiger partial charge >= 0.3 is 6.09 Å². The fraction of sp³-hybridized carbons (Fsp3) is 0.529. The molecule has 1 aliphatic rings. The second-order valence-corrected chi connectivity index (χ2v) is 6.88. The molecule has 24 heavy (non-hydrogen) atoms. The number of ether oxygens (including phenoxy) is 1. The predicted molar refractivity (Wildman–Crippen MR) is 86.5 cm³/mol. The van der Waals surface area contributed by atoms with Crippen molar-refractivity contribution >= 4 is 12.0 Å². The summed E-state index contributed by atoms with van der Waals surface area (Å²) in [6.07, 6.45) is -0.422. The molecule has 1 aromatic carbocycles. The van der Waals surface area contributed by atoms with Crippen LogP contribution in [0.25, 0.3) is 0 Å². The van der Waals surface area contributed by atoms with Gasteiger partial charge < -0.3 is 19.6 Å². The van der Waals surface area contributed by atoms with E-state index in [4.69, 9.17) is 4.74 Å². The monoisotopic (exact) mass is 338 g/mol. The zero-order chi connectivity index (χ0) is 18.1. The summed E-state index contributed by atoms with van der Waals surface area (Å²) >= 11 is 0. The van der Waals surface area contributed by atoms with E-state index in [0.29, 0.717) is 18.7 Å². The number of halogens is 1. The van der Waals surface area contributed by atoms with Crippen molar-refractivity contribution in [3.05, 3.63) is 29.1 Å². The number of benzene rings is 1. The molecule has 132 valence electrons. The summed E-state index contributed by atoms with van der Waals surface area (Å²) in [5.74, 6) is -1.27. The van der Waals surface area contributed by atoms with Crippen LogP contribution in [0.2, 0.25) is 0 Å². The smallest absolute Gasteiger partial charge is 0.410 e. The Bertz CT molecular complexity index is 647. The van der Waals surface area contributed by atoms with Crippen molar-refractivity contribution < 1.29 is 23.8 Å². The highest BCUT2D eigenvalue weighted by atomic mass is 19.1. The van der Waals surface area contributed by atoms with E-state index < -0.39 is 23.4 Å². The highest BCUT2D eigenvalue weighted by Crippen LogP contribution is 2.22. The van der Waals surface area contributed by atoms with Gasteiger partial charge in [-0.3, -0.25) is 4.79 Å². The third-order valence-electron chi connectivity index (χ3n) is 3.73. The minimum absolute atomic E-state index is 0.118. The van der Waals surface area contributed by atoms with Gasteiger partial charge in [0.05, 0.1) is 5.56 Å². The van der Waals surface area contributed by atoms with Gasteiger partial charge in [0, 0.05) is 26.2 Å². The molecule has 1 fully saturated rings. The molecule has 1 heterocycles. The Morgan fingerprint density at radius 1 is 1.12 bits per heavy atom. The standard InChI is InChI=1S/C17H23FN2O4/c1-11-9-13(18)12(10-14(11)21)15(22)19-5-7-20(8-6-19)16(23)24-17(2,3)4/h9-10,21H,5-8H2,1-4H3. The van der Waals surface area contributed by atoms with Crippen LogP contribution in [0.1, 0.15) is 36.7 Å². The highest BCUT2D eigenvalue weighted by molar-refractivity contribution is 5.95. The summed E-state index contributed by atoms with van der Waals surface area (Å²) in [5, 5.41) is 9.69. The number of carbonyl (C=O) groups excluding carboxylic acids is 2. The lowest BCUT2D eigenvalue weighted by atomic mass is 10.1. The Morgan fingerprint density at radius 3 is 2.21 bits per heavy atom. The summed E-state index contributed by atoms with van der Waals surface area (Å²) < 4.78 is 19.3. The largest absolute Gasteiger partial charge is 0.508 e. The summed E-state index contributed by atoms with van der Waals surface area (Å²) in [4.78, 5) is 27.4. The molecule has 1 aliphatic heterocycles. The van der Waals surface area contributed by atoms with Gasteiger partial charge in [-0.25, -0.2) is 9.18 Å². The molecule has 0 radical (unpaired) electrons. The number of hydrogen-bond donors (Lipinski definition) is 1. The van der Waals surface area contributed by atoms with Gasteiger partial charge in [0.25, 0.3) is 5.91 Å². The summed E-state index contributed by atoms with van der Waals surface area (Å²) in [6, 6.07) is 2.28. The number of aromatic hydroxyl groups is 1. The second kappa shape index (κ2) is 6.67. The first-order chi connectivity index (χ1) is 11.1. The van der Waals surface area contributed by atoms with Gasteiger partial charge in [-0.2, -0.15) is 0 Å². The molecule has 7 heteroatoms. The van der Waals surface area contributed by atoms with Gasteiger partial charge in [-0.05, 0) is 45.4 Å². The Hall–Kier alpha value is -2.31. The molecule has 0 saturated carbocycles. The number of hydrogen-bond acceptors (Lipinski definition) is 4. The van der Waals surface area contributed by atoms with Crippen molar-refractivity contribution in [1.82, 2.24) is 9.80 Å². The summed E-state index contributed by atoms with van der Waals surface area (Å²) in [7, 11) is 0. The molecule has 0 aromatic heterocycles. The van der Waals surface area contributed by atoms with Crippen molar-refractivity contribution in [2.24, 2.45) is 0 Å². The quantitative estimate of drug-likeness (QED) is 0.854. The maximum atomic E-state index is 14.0. The van der Waals surface area contributed by atoms with E-state index >= 15 is 0 Å². The van der Waals surface area contributed by atoms with Crippen LogP contribution in [0.3, 0.4) is 0 Å². The first-order valence-corrected chi connectivity index (χ1v) is 7.85.